The van der Waals surface area contributed by atoms with Crippen LogP contribution in [0.25, 0.3) is 0 Å². The van der Waals surface area contributed by atoms with Gasteiger partial charge < -0.3 is 9.64 Å². The van der Waals surface area contributed by atoms with Crippen molar-refractivity contribution < 1.29 is 9.53 Å². The molecule has 0 saturated carbocycles. The molecule has 1 aromatic heterocycles. The number of nitrogens with one attached hydrogen (secondary N) is 1. The highest BCUT2D eigenvalue weighted by Gasteiger charge is 2.33. The molecule has 2 aliphatic rings. The SMILES string of the molecule is O=C([C@@H]1CCCc2[nH]ncc21)N1CCO[C@H](CCc2ccccc2)C1. The molecule has 0 radical (unpaired) electrons. The molecule has 1 aliphatic carbocycles. The van der Waals surface area contributed by atoms with Crippen LogP contribution in [-0.2, 0) is 22.4 Å². The number of H-pyrrole nitrogens is 1. The van der Waals surface area contributed by atoms with Gasteiger partial charge in [0.05, 0.1) is 24.8 Å². The molecular formula is C20H25N3O2. The number of amides is 1. The van der Waals surface area contributed by atoms with Crippen molar-refractivity contribution in [1.82, 2.24) is 15.1 Å². The number of carbonyl (C=O) groups excluding carboxylic acids is 1. The Morgan fingerprint density at radius 1 is 1.32 bits per heavy atom. The molecule has 25 heavy (non-hydrogen) atoms. The summed E-state index contributed by atoms with van der Waals surface area (Å²) in [6.45, 7) is 2.04. The Hall–Kier alpha value is -2.14. The number of benzene rings is 1. The predicted octanol–water partition coefficient (Wildman–Crippen LogP) is 2.69. The van der Waals surface area contributed by atoms with Crippen LogP contribution in [0.3, 0.4) is 0 Å². The van der Waals surface area contributed by atoms with Gasteiger partial charge in [0.25, 0.3) is 0 Å². The van der Waals surface area contributed by atoms with Gasteiger partial charge in [0, 0.05) is 24.3 Å². The molecule has 1 aromatic carbocycles. The Balaban J connectivity index is 1.37. The van der Waals surface area contributed by atoms with Gasteiger partial charge in [0.15, 0.2) is 0 Å². The minimum absolute atomic E-state index is 0.0321. The van der Waals surface area contributed by atoms with Gasteiger partial charge in [-0.05, 0) is 37.7 Å². The molecule has 2 atom stereocenters. The molecule has 1 fully saturated rings. The average Bonchev–Trinajstić information content (AvgIpc) is 3.16. The number of ether oxygens (including phenoxy) is 1. The zero-order valence-electron chi connectivity index (χ0n) is 14.5. The summed E-state index contributed by atoms with van der Waals surface area (Å²) < 4.78 is 5.91. The van der Waals surface area contributed by atoms with E-state index in [1.807, 2.05) is 17.2 Å². The molecule has 132 valence electrons. The van der Waals surface area contributed by atoms with Crippen LogP contribution < -0.4 is 0 Å². The number of hydrogen-bond donors (Lipinski definition) is 1. The van der Waals surface area contributed by atoms with E-state index in [1.165, 1.54) is 5.56 Å². The summed E-state index contributed by atoms with van der Waals surface area (Å²) in [6, 6.07) is 10.5. The Bertz CT molecular complexity index is 713. The zero-order valence-corrected chi connectivity index (χ0v) is 14.5. The van der Waals surface area contributed by atoms with Gasteiger partial charge in [-0.2, -0.15) is 5.10 Å². The highest BCUT2D eigenvalue weighted by molar-refractivity contribution is 5.84. The predicted molar refractivity (Wildman–Crippen MR) is 95.3 cm³/mol. The summed E-state index contributed by atoms with van der Waals surface area (Å²) in [4.78, 5) is 15.1. The summed E-state index contributed by atoms with van der Waals surface area (Å²) in [6.07, 6.45) is 6.89. The second kappa shape index (κ2) is 7.40. The molecular weight excluding hydrogens is 314 g/mol. The van der Waals surface area contributed by atoms with Gasteiger partial charge in [-0.3, -0.25) is 9.89 Å². The second-order valence-corrected chi connectivity index (χ2v) is 7.05. The smallest absolute Gasteiger partial charge is 0.230 e. The third-order valence-electron chi connectivity index (χ3n) is 5.39. The topological polar surface area (TPSA) is 58.2 Å². The van der Waals surface area contributed by atoms with Gasteiger partial charge in [-0.15, -0.1) is 0 Å². The van der Waals surface area contributed by atoms with Gasteiger partial charge in [-0.1, -0.05) is 30.3 Å². The Kier molecular flexibility index (Phi) is 4.83. The third kappa shape index (κ3) is 3.61. The van der Waals surface area contributed by atoms with Crippen LogP contribution in [0.15, 0.2) is 36.5 Å². The van der Waals surface area contributed by atoms with E-state index in [4.69, 9.17) is 4.74 Å². The van der Waals surface area contributed by atoms with E-state index in [-0.39, 0.29) is 17.9 Å². The lowest BCUT2D eigenvalue weighted by Gasteiger charge is -2.36. The Labute approximate surface area is 148 Å². The molecule has 1 saturated heterocycles. The fourth-order valence-corrected chi connectivity index (χ4v) is 4.00. The van der Waals surface area contributed by atoms with Gasteiger partial charge in [-0.25, -0.2) is 0 Å². The first kappa shape index (κ1) is 16.3. The fraction of sp³-hybridized carbons (Fsp3) is 0.500. The van der Waals surface area contributed by atoms with Crippen LogP contribution >= 0.6 is 0 Å². The molecule has 0 unspecified atom stereocenters. The lowest BCUT2D eigenvalue weighted by atomic mass is 9.86. The minimum atomic E-state index is -0.0321. The van der Waals surface area contributed by atoms with Crippen LogP contribution in [0.2, 0.25) is 0 Å². The Morgan fingerprint density at radius 3 is 3.08 bits per heavy atom. The van der Waals surface area contributed by atoms with Crippen LogP contribution in [0.4, 0.5) is 0 Å². The lowest BCUT2D eigenvalue weighted by Crippen LogP contribution is -2.47. The summed E-state index contributed by atoms with van der Waals surface area (Å²) in [7, 11) is 0. The number of rotatable bonds is 4. The van der Waals surface area contributed by atoms with Gasteiger partial charge >= 0.3 is 0 Å². The molecule has 0 bridgehead atoms. The largest absolute Gasteiger partial charge is 0.375 e. The van der Waals surface area contributed by atoms with E-state index in [2.05, 4.69) is 34.5 Å². The van der Waals surface area contributed by atoms with Crippen molar-refractivity contribution in [2.24, 2.45) is 0 Å². The maximum atomic E-state index is 13.1. The van der Waals surface area contributed by atoms with E-state index < -0.39 is 0 Å². The number of nitrogens with zero attached hydrogens (tertiary/aromatic N) is 2. The molecule has 2 aromatic rings. The highest BCUT2D eigenvalue weighted by Crippen LogP contribution is 2.32. The second-order valence-electron chi connectivity index (χ2n) is 7.05. The van der Waals surface area contributed by atoms with E-state index in [9.17, 15) is 4.79 Å². The highest BCUT2D eigenvalue weighted by atomic mass is 16.5. The number of morpholine rings is 1. The maximum Gasteiger partial charge on any atom is 0.230 e. The minimum Gasteiger partial charge on any atom is -0.375 e. The zero-order chi connectivity index (χ0) is 17.1. The Morgan fingerprint density at radius 2 is 2.20 bits per heavy atom. The molecule has 4 rings (SSSR count). The van der Waals surface area contributed by atoms with Crippen LogP contribution in [-0.4, -0.2) is 46.8 Å². The first-order valence-corrected chi connectivity index (χ1v) is 9.27. The molecule has 5 heteroatoms. The fourth-order valence-electron chi connectivity index (χ4n) is 4.00. The number of carbonyl (C=O) groups is 1. The van der Waals surface area contributed by atoms with E-state index in [0.29, 0.717) is 19.7 Å². The van der Waals surface area contributed by atoms with Crippen molar-refractivity contribution in [2.75, 3.05) is 19.7 Å². The molecule has 0 spiro atoms. The normalized spacial score (nSPS) is 23.3. The number of aromatic nitrogens is 2. The summed E-state index contributed by atoms with van der Waals surface area (Å²) >= 11 is 0. The van der Waals surface area contributed by atoms with Crippen LogP contribution in [0, 0.1) is 0 Å². The molecule has 5 nitrogen and oxygen atoms in total. The quantitative estimate of drug-likeness (QED) is 0.932. The summed E-state index contributed by atoms with van der Waals surface area (Å²) in [5, 5.41) is 7.19. The summed E-state index contributed by atoms with van der Waals surface area (Å²) in [5.74, 6) is 0.214. The van der Waals surface area contributed by atoms with E-state index in [1.54, 1.807) is 0 Å². The van der Waals surface area contributed by atoms with Crippen LogP contribution in [0.5, 0.6) is 0 Å². The number of aryl methyl sites for hydroxylation is 2. The first-order valence-electron chi connectivity index (χ1n) is 9.27. The third-order valence-corrected chi connectivity index (χ3v) is 5.39. The number of aromatic amines is 1. The van der Waals surface area contributed by atoms with Crippen molar-refractivity contribution in [1.29, 1.82) is 0 Å². The molecule has 2 heterocycles. The van der Waals surface area contributed by atoms with Gasteiger partial charge in [0.1, 0.15) is 0 Å². The van der Waals surface area contributed by atoms with Crippen LogP contribution in [0.1, 0.15) is 42.0 Å². The van der Waals surface area contributed by atoms with Crippen molar-refractivity contribution in [2.45, 2.75) is 44.1 Å². The molecule has 1 aliphatic heterocycles. The molecule has 1 N–H and O–H groups in total. The molecule has 1 amide bonds. The standard InChI is InChI=1S/C20H25N3O2/c24-20(17-7-4-8-19-18(17)13-21-22-19)23-11-12-25-16(14-23)10-9-15-5-2-1-3-6-15/h1-3,5-6,13,16-17H,4,7-12,14H2,(H,21,22)/t16-,17-/m1/s1. The first-order chi connectivity index (χ1) is 12.3. The van der Waals surface area contributed by atoms with Crippen molar-refractivity contribution in [3.8, 4) is 0 Å². The van der Waals surface area contributed by atoms with E-state index in [0.717, 1.165) is 43.4 Å². The van der Waals surface area contributed by atoms with Crippen molar-refractivity contribution >= 4 is 5.91 Å². The number of fused-ring (bicyclic) bond motifs is 1. The lowest BCUT2D eigenvalue weighted by molar-refractivity contribution is -0.141. The van der Waals surface area contributed by atoms with Crippen molar-refractivity contribution in [3.63, 3.8) is 0 Å². The summed E-state index contributed by atoms with van der Waals surface area (Å²) in [5.41, 5.74) is 3.56. The van der Waals surface area contributed by atoms with Gasteiger partial charge in [0.2, 0.25) is 5.91 Å². The average molecular weight is 339 g/mol. The van der Waals surface area contributed by atoms with E-state index >= 15 is 0 Å². The number of hydrogen-bond acceptors (Lipinski definition) is 3. The maximum absolute atomic E-state index is 13.1. The van der Waals surface area contributed by atoms with Crippen molar-refractivity contribution in [3.05, 3.63) is 53.3 Å². The monoisotopic (exact) mass is 339 g/mol.